The molecule has 4 rings (SSSR count). The maximum absolute atomic E-state index is 13.3. The Morgan fingerprint density at radius 2 is 1.17 bits per heavy atom. The average molecular weight is 1100 g/mol. The van der Waals surface area contributed by atoms with Crippen LogP contribution in [-0.4, -0.2) is 46.7 Å². The van der Waals surface area contributed by atoms with Crippen molar-refractivity contribution in [3.05, 3.63) is 111 Å². The van der Waals surface area contributed by atoms with Crippen molar-refractivity contribution in [1.82, 2.24) is 5.32 Å². The molecule has 320 valence electrons. The van der Waals surface area contributed by atoms with Crippen LogP contribution in [0.3, 0.4) is 0 Å². The van der Waals surface area contributed by atoms with Gasteiger partial charge in [0.2, 0.25) is 0 Å². The van der Waals surface area contributed by atoms with Crippen molar-refractivity contribution in [2.75, 3.05) is 17.2 Å². The molecule has 4 aromatic rings. The molecule has 5 N–H and O–H groups in total. The number of hydrogen-bond acceptors (Lipinski definition) is 7. The largest absolute Gasteiger partial charge is 0.487 e. The third-order valence-electron chi connectivity index (χ3n) is 8.44. The molecule has 0 aliphatic carbocycles. The zero-order chi connectivity index (χ0) is 44.0. The van der Waals surface area contributed by atoms with Crippen molar-refractivity contribution >= 4 is 105 Å². The van der Waals surface area contributed by atoms with Gasteiger partial charge < -0.3 is 35.6 Å². The van der Waals surface area contributed by atoms with E-state index in [1.165, 1.54) is 0 Å². The number of ether oxygens (including phenoxy) is 2. The van der Waals surface area contributed by atoms with Gasteiger partial charge in [-0.2, -0.15) is 13.2 Å². The van der Waals surface area contributed by atoms with E-state index in [1.54, 1.807) is 30.3 Å². The van der Waals surface area contributed by atoms with Gasteiger partial charge in [-0.25, -0.2) is 0 Å². The number of amides is 1. The molecule has 10 nitrogen and oxygen atoms in total. The predicted molar refractivity (Wildman–Crippen MR) is 238 cm³/mol. The molecule has 2 atom stereocenters. The average Bonchev–Trinajstić information content (AvgIpc) is 3.14. The molecule has 59 heavy (non-hydrogen) atoms. The van der Waals surface area contributed by atoms with Gasteiger partial charge in [0.05, 0.1) is 23.5 Å². The van der Waals surface area contributed by atoms with E-state index in [2.05, 4.69) is 93.5 Å². The summed E-state index contributed by atoms with van der Waals surface area (Å²) in [6, 6.07) is 16.5. The fourth-order valence-electron chi connectivity index (χ4n) is 5.16. The normalized spacial score (nSPS) is 12.1. The molecule has 0 fully saturated rings. The van der Waals surface area contributed by atoms with E-state index in [1.807, 2.05) is 32.0 Å². The van der Waals surface area contributed by atoms with E-state index in [0.717, 1.165) is 41.8 Å². The van der Waals surface area contributed by atoms with Gasteiger partial charge in [-0.3, -0.25) is 14.4 Å². The number of carbonyl (C=O) groups excluding carboxylic acids is 1. The number of carboxylic acid groups (broad SMARTS) is 2. The van der Waals surface area contributed by atoms with Gasteiger partial charge in [-0.15, -0.1) is 0 Å². The second-order valence-electron chi connectivity index (χ2n) is 13.4. The van der Waals surface area contributed by atoms with Crippen LogP contribution in [0, 0.1) is 0 Å². The minimum absolute atomic E-state index is 0.00468. The number of carbonyl (C=O) groups is 3. The van der Waals surface area contributed by atoms with Crippen LogP contribution in [-0.2, 0) is 35.4 Å². The molecule has 0 spiro atoms. The van der Waals surface area contributed by atoms with Crippen molar-refractivity contribution < 1.29 is 47.2 Å². The van der Waals surface area contributed by atoms with E-state index in [4.69, 9.17) is 31.3 Å². The lowest BCUT2D eigenvalue weighted by Gasteiger charge is -2.18. The van der Waals surface area contributed by atoms with Gasteiger partial charge in [0.1, 0.15) is 31.3 Å². The Kier molecular flexibility index (Phi) is 19.8. The molecule has 0 aromatic heterocycles. The molecule has 4 aromatic carbocycles. The van der Waals surface area contributed by atoms with Crippen LogP contribution in [0.15, 0.2) is 78.6 Å². The number of carboxylic acids is 2. The first-order chi connectivity index (χ1) is 27.7. The monoisotopic (exact) mass is 1100 g/mol. The maximum atomic E-state index is 13.3. The van der Waals surface area contributed by atoms with E-state index in [0.29, 0.717) is 63.7 Å². The molecular formula is C41H43Br4ClF3N3O7. The minimum Gasteiger partial charge on any atom is -0.487 e. The molecule has 0 aliphatic heterocycles. The second-order valence-corrected chi connectivity index (χ2v) is 17.2. The van der Waals surface area contributed by atoms with Crippen molar-refractivity contribution in [3.63, 3.8) is 0 Å². The van der Waals surface area contributed by atoms with E-state index in [-0.39, 0.29) is 25.7 Å². The number of nitrogens with one attached hydrogen (secondary N) is 3. The van der Waals surface area contributed by atoms with E-state index in [9.17, 15) is 27.6 Å². The number of aryl methyl sites for hydroxylation is 1. The summed E-state index contributed by atoms with van der Waals surface area (Å²) in [6.07, 6.45) is -2.35. The fourth-order valence-corrected chi connectivity index (χ4v) is 8.34. The van der Waals surface area contributed by atoms with Crippen molar-refractivity contribution in [3.8, 4) is 11.5 Å². The summed E-state index contributed by atoms with van der Waals surface area (Å²) in [5.74, 6) is -1.54. The summed E-state index contributed by atoms with van der Waals surface area (Å²) in [5, 5.41) is 26.9. The molecule has 0 heterocycles. The lowest BCUT2D eigenvalue weighted by atomic mass is 10.1. The van der Waals surface area contributed by atoms with Crippen LogP contribution in [0.5, 0.6) is 11.5 Å². The second kappa shape index (κ2) is 23.5. The van der Waals surface area contributed by atoms with Gasteiger partial charge in [-0.1, -0.05) is 25.4 Å². The number of benzene rings is 4. The summed E-state index contributed by atoms with van der Waals surface area (Å²) in [6.45, 7) is 7.81. The maximum Gasteiger partial charge on any atom is 0.416 e. The van der Waals surface area contributed by atoms with Gasteiger partial charge in [0, 0.05) is 40.5 Å². The first kappa shape index (κ1) is 49.8. The van der Waals surface area contributed by atoms with Crippen LogP contribution in [0.4, 0.5) is 24.5 Å². The third kappa shape index (κ3) is 16.8. The first-order valence-electron chi connectivity index (χ1n) is 18.2. The van der Waals surface area contributed by atoms with Crippen molar-refractivity contribution in [2.45, 2.75) is 84.9 Å². The Balaban J connectivity index is 0.000000316. The fraction of sp³-hybridized carbons (Fsp3) is 0.341. The zero-order valence-electron chi connectivity index (χ0n) is 32.3. The quantitative estimate of drug-likeness (QED) is 0.0657. The molecule has 2 unspecified atom stereocenters. The Morgan fingerprint density at radius 3 is 1.63 bits per heavy atom. The number of halogens is 8. The number of rotatable bonds is 18. The van der Waals surface area contributed by atoms with E-state index < -0.39 is 36.1 Å². The number of hydrogen-bond donors (Lipinski definition) is 5. The van der Waals surface area contributed by atoms with Gasteiger partial charge >= 0.3 is 18.1 Å². The highest BCUT2D eigenvalue weighted by atomic mass is 79.9. The Bertz CT molecular complexity index is 2060. The molecule has 0 aliphatic rings. The smallest absolute Gasteiger partial charge is 0.416 e. The molecular weight excluding hydrogens is 1060 g/mol. The molecule has 1 amide bonds. The predicted octanol–water partition coefficient (Wildman–Crippen LogP) is 12.5. The Hall–Kier alpha value is -3.51. The van der Waals surface area contributed by atoms with Crippen LogP contribution >= 0.6 is 75.3 Å². The summed E-state index contributed by atoms with van der Waals surface area (Å²) in [7, 11) is 0. The number of aliphatic carboxylic acids is 2. The highest BCUT2D eigenvalue weighted by Crippen LogP contribution is 2.38. The third-order valence-corrected chi connectivity index (χ3v) is 11.0. The van der Waals surface area contributed by atoms with Crippen LogP contribution < -0.4 is 25.4 Å². The minimum atomic E-state index is -4.46. The summed E-state index contributed by atoms with van der Waals surface area (Å²) < 4.78 is 53.9. The standard InChI is InChI=1S/C21H22Br2F3NO3.C20H21Br2ClN2O4/c1-3-12(2)27-16-7-14(6-15(10-16)21(24,25)26)11-30-20-17(22)8-13(9-18(20)23)4-5-19(28)29;1-3-11(2)25-15-5-12(4-14(23)8-15)10-29-19-16(21)6-13(7-17(19)22)20(28)24-9-18(26)27/h6-10,12,27H,3-5,11H2,1-2H3,(H,28,29);4-8,11,25H,3,9-10H2,1-2H3,(H,24,28)(H,26,27). The van der Waals surface area contributed by atoms with Gasteiger partial charge in [-0.05, 0) is 174 Å². The highest BCUT2D eigenvalue weighted by Gasteiger charge is 2.31. The lowest BCUT2D eigenvalue weighted by Crippen LogP contribution is -2.29. The van der Waals surface area contributed by atoms with Gasteiger partial charge in [0.15, 0.2) is 0 Å². The van der Waals surface area contributed by atoms with Crippen LogP contribution in [0.25, 0.3) is 0 Å². The van der Waals surface area contributed by atoms with Crippen molar-refractivity contribution in [1.29, 1.82) is 0 Å². The van der Waals surface area contributed by atoms with Crippen LogP contribution in [0.1, 0.15) is 79.6 Å². The van der Waals surface area contributed by atoms with Crippen LogP contribution in [0.2, 0.25) is 5.02 Å². The summed E-state index contributed by atoms with van der Waals surface area (Å²) in [5.41, 5.74) is 2.95. The summed E-state index contributed by atoms with van der Waals surface area (Å²) in [4.78, 5) is 33.4. The molecule has 0 bridgehead atoms. The topological polar surface area (TPSA) is 146 Å². The number of anilines is 2. The summed E-state index contributed by atoms with van der Waals surface area (Å²) >= 11 is 19.8. The molecule has 0 saturated carbocycles. The molecule has 0 radical (unpaired) electrons. The Morgan fingerprint density at radius 1 is 0.695 bits per heavy atom. The Labute approximate surface area is 379 Å². The van der Waals surface area contributed by atoms with Crippen molar-refractivity contribution in [2.24, 2.45) is 0 Å². The SMILES string of the molecule is CCC(C)Nc1cc(COc2c(Br)cc(CCC(=O)O)cc2Br)cc(C(F)(F)F)c1.CCC(C)Nc1cc(Cl)cc(COc2c(Br)cc(C(=O)NCC(=O)O)cc2Br)c1. The highest BCUT2D eigenvalue weighted by molar-refractivity contribution is 9.11. The number of alkyl halides is 3. The lowest BCUT2D eigenvalue weighted by molar-refractivity contribution is -0.138. The van der Waals surface area contributed by atoms with E-state index >= 15 is 0 Å². The zero-order valence-corrected chi connectivity index (χ0v) is 39.4. The van der Waals surface area contributed by atoms with Gasteiger partial charge in [0.25, 0.3) is 5.91 Å². The molecule has 18 heteroatoms. The first-order valence-corrected chi connectivity index (χ1v) is 21.7. The molecule has 0 saturated heterocycles.